The Kier molecular flexibility index (Phi) is 5.27. The number of methoxy groups -OCH3 is 1. The summed E-state index contributed by atoms with van der Waals surface area (Å²) in [6, 6.07) is 1.35. The van der Waals surface area contributed by atoms with E-state index in [1.165, 1.54) is 51.7 Å². The monoisotopic (exact) mass is 268 g/mol. The van der Waals surface area contributed by atoms with Crippen molar-refractivity contribution in [1.82, 2.24) is 10.2 Å². The average Bonchev–Trinajstić information content (AvgIpc) is 2.64. The molecule has 0 bridgehead atoms. The molecular weight excluding hydrogens is 236 g/mol. The predicted octanol–water partition coefficient (Wildman–Crippen LogP) is 2.65. The molecule has 3 atom stereocenters. The first-order chi connectivity index (χ1) is 9.00. The fourth-order valence-corrected chi connectivity index (χ4v) is 3.53. The number of nitrogens with one attached hydrogen (secondary N) is 1. The van der Waals surface area contributed by atoms with Crippen LogP contribution in [0.25, 0.3) is 0 Å². The summed E-state index contributed by atoms with van der Waals surface area (Å²) in [6.07, 6.45) is 6.93. The summed E-state index contributed by atoms with van der Waals surface area (Å²) in [6.45, 7) is 10.7. The molecule has 112 valence electrons. The molecule has 1 saturated carbocycles. The van der Waals surface area contributed by atoms with Gasteiger partial charge in [0.2, 0.25) is 0 Å². The molecule has 0 spiro atoms. The van der Waals surface area contributed by atoms with Crippen molar-refractivity contribution in [1.29, 1.82) is 0 Å². The van der Waals surface area contributed by atoms with E-state index < -0.39 is 0 Å². The quantitative estimate of drug-likeness (QED) is 0.833. The molecule has 19 heavy (non-hydrogen) atoms. The first kappa shape index (κ1) is 15.3. The molecule has 0 radical (unpaired) electrons. The van der Waals surface area contributed by atoms with Crippen LogP contribution in [0.15, 0.2) is 0 Å². The van der Waals surface area contributed by atoms with Crippen LogP contribution in [0.4, 0.5) is 0 Å². The molecule has 0 aromatic heterocycles. The fraction of sp³-hybridized carbons (Fsp3) is 1.00. The number of hydrogen-bond donors (Lipinski definition) is 1. The lowest BCUT2D eigenvalue weighted by molar-refractivity contribution is 0.0242. The molecule has 1 saturated heterocycles. The van der Waals surface area contributed by atoms with Crippen molar-refractivity contribution in [3.05, 3.63) is 0 Å². The Balaban J connectivity index is 1.97. The molecule has 1 N–H and O–H groups in total. The summed E-state index contributed by atoms with van der Waals surface area (Å²) < 4.78 is 5.60. The third kappa shape index (κ3) is 4.17. The first-order valence-electron chi connectivity index (χ1n) is 8.01. The van der Waals surface area contributed by atoms with Crippen LogP contribution in [-0.2, 0) is 4.74 Å². The minimum absolute atomic E-state index is 0.345. The maximum atomic E-state index is 5.60. The highest BCUT2D eigenvalue weighted by Crippen LogP contribution is 2.28. The van der Waals surface area contributed by atoms with Gasteiger partial charge in [-0.2, -0.15) is 0 Å². The highest BCUT2D eigenvalue weighted by atomic mass is 16.5. The topological polar surface area (TPSA) is 24.5 Å². The molecule has 2 fully saturated rings. The molecule has 2 rings (SSSR count). The summed E-state index contributed by atoms with van der Waals surface area (Å²) in [5, 5.41) is 3.74. The highest BCUT2D eigenvalue weighted by Gasteiger charge is 2.33. The third-order valence-corrected chi connectivity index (χ3v) is 4.92. The van der Waals surface area contributed by atoms with Gasteiger partial charge < -0.3 is 10.1 Å². The van der Waals surface area contributed by atoms with E-state index in [4.69, 9.17) is 4.74 Å². The van der Waals surface area contributed by atoms with E-state index >= 15 is 0 Å². The molecule has 3 heteroatoms. The second-order valence-electron chi connectivity index (χ2n) is 7.40. The van der Waals surface area contributed by atoms with E-state index in [1.807, 2.05) is 7.11 Å². The molecule has 3 unspecified atom stereocenters. The standard InChI is InChI=1S/C16H32N2O/c1-16(2,3)15-12-18(10-6-9-17-15)13-7-5-8-14(11-13)19-4/h13-15,17H,5-12H2,1-4H3. The number of ether oxygens (including phenoxy) is 1. The first-order valence-corrected chi connectivity index (χ1v) is 8.01. The van der Waals surface area contributed by atoms with Crippen LogP contribution in [0.5, 0.6) is 0 Å². The zero-order valence-electron chi connectivity index (χ0n) is 13.2. The maximum Gasteiger partial charge on any atom is 0.0586 e. The summed E-state index contributed by atoms with van der Waals surface area (Å²) in [5.74, 6) is 0. The summed E-state index contributed by atoms with van der Waals surface area (Å²) in [7, 11) is 1.87. The van der Waals surface area contributed by atoms with Crippen molar-refractivity contribution < 1.29 is 4.74 Å². The van der Waals surface area contributed by atoms with Gasteiger partial charge in [0, 0.05) is 25.7 Å². The minimum Gasteiger partial charge on any atom is -0.381 e. The van der Waals surface area contributed by atoms with Gasteiger partial charge in [-0.3, -0.25) is 4.90 Å². The van der Waals surface area contributed by atoms with Crippen molar-refractivity contribution in [2.75, 3.05) is 26.7 Å². The molecule has 0 aromatic rings. The van der Waals surface area contributed by atoms with E-state index in [1.54, 1.807) is 0 Å². The summed E-state index contributed by atoms with van der Waals surface area (Å²) in [5.41, 5.74) is 0.345. The Morgan fingerprint density at radius 2 is 1.95 bits per heavy atom. The Morgan fingerprint density at radius 1 is 1.16 bits per heavy atom. The van der Waals surface area contributed by atoms with Crippen LogP contribution < -0.4 is 5.32 Å². The van der Waals surface area contributed by atoms with E-state index in [0.717, 1.165) is 6.04 Å². The smallest absolute Gasteiger partial charge is 0.0586 e. The molecule has 3 nitrogen and oxygen atoms in total. The van der Waals surface area contributed by atoms with Crippen molar-refractivity contribution >= 4 is 0 Å². The van der Waals surface area contributed by atoms with Crippen molar-refractivity contribution in [2.24, 2.45) is 5.41 Å². The van der Waals surface area contributed by atoms with E-state index in [9.17, 15) is 0 Å². The lowest BCUT2D eigenvalue weighted by Crippen LogP contribution is -2.50. The van der Waals surface area contributed by atoms with Gasteiger partial charge in [0.15, 0.2) is 0 Å². The van der Waals surface area contributed by atoms with Crippen molar-refractivity contribution in [3.63, 3.8) is 0 Å². The number of hydrogen-bond acceptors (Lipinski definition) is 3. The third-order valence-electron chi connectivity index (χ3n) is 4.92. The van der Waals surface area contributed by atoms with Gasteiger partial charge in [0.25, 0.3) is 0 Å². The number of rotatable bonds is 2. The molecular formula is C16H32N2O. The zero-order chi connectivity index (χ0) is 13.9. The normalized spacial score (nSPS) is 35.1. The SMILES string of the molecule is COC1CCCC(N2CCCNC(C(C)(C)C)C2)C1. The van der Waals surface area contributed by atoms with E-state index in [2.05, 4.69) is 31.0 Å². The highest BCUT2D eigenvalue weighted by molar-refractivity contribution is 4.90. The Hall–Kier alpha value is -0.120. The molecule has 0 aromatic carbocycles. The van der Waals surface area contributed by atoms with E-state index in [0.29, 0.717) is 17.6 Å². The van der Waals surface area contributed by atoms with Gasteiger partial charge in [-0.1, -0.05) is 20.8 Å². The van der Waals surface area contributed by atoms with Crippen LogP contribution in [0.3, 0.4) is 0 Å². The van der Waals surface area contributed by atoms with Gasteiger partial charge in [0.1, 0.15) is 0 Å². The fourth-order valence-electron chi connectivity index (χ4n) is 3.53. The molecule has 2 aliphatic rings. The van der Waals surface area contributed by atoms with Gasteiger partial charge in [-0.15, -0.1) is 0 Å². The van der Waals surface area contributed by atoms with Crippen LogP contribution in [0.1, 0.15) is 52.9 Å². The Bertz CT molecular complexity index is 274. The Labute approximate surface area is 119 Å². The van der Waals surface area contributed by atoms with Gasteiger partial charge in [-0.25, -0.2) is 0 Å². The molecule has 1 aliphatic carbocycles. The maximum absolute atomic E-state index is 5.60. The lowest BCUT2D eigenvalue weighted by atomic mass is 9.85. The lowest BCUT2D eigenvalue weighted by Gasteiger charge is -2.40. The summed E-state index contributed by atoms with van der Waals surface area (Å²) >= 11 is 0. The molecule has 1 aliphatic heterocycles. The second-order valence-corrected chi connectivity index (χ2v) is 7.40. The van der Waals surface area contributed by atoms with Gasteiger partial charge in [-0.05, 0) is 50.6 Å². The number of nitrogens with zero attached hydrogens (tertiary/aromatic N) is 1. The largest absolute Gasteiger partial charge is 0.381 e. The Morgan fingerprint density at radius 3 is 2.63 bits per heavy atom. The van der Waals surface area contributed by atoms with Gasteiger partial charge in [0.05, 0.1) is 6.10 Å². The van der Waals surface area contributed by atoms with E-state index in [-0.39, 0.29) is 0 Å². The molecule has 1 heterocycles. The average molecular weight is 268 g/mol. The molecule has 0 amide bonds. The van der Waals surface area contributed by atoms with Gasteiger partial charge >= 0.3 is 0 Å². The van der Waals surface area contributed by atoms with Crippen molar-refractivity contribution in [3.8, 4) is 0 Å². The predicted molar refractivity (Wildman–Crippen MR) is 80.5 cm³/mol. The van der Waals surface area contributed by atoms with Crippen LogP contribution in [-0.4, -0.2) is 49.8 Å². The van der Waals surface area contributed by atoms with Crippen molar-refractivity contribution in [2.45, 2.75) is 71.1 Å². The van der Waals surface area contributed by atoms with Crippen LogP contribution >= 0.6 is 0 Å². The zero-order valence-corrected chi connectivity index (χ0v) is 13.2. The van der Waals surface area contributed by atoms with Crippen LogP contribution in [0.2, 0.25) is 0 Å². The van der Waals surface area contributed by atoms with Crippen LogP contribution in [0, 0.1) is 5.41 Å². The second kappa shape index (κ2) is 6.55. The minimum atomic E-state index is 0.345. The summed E-state index contributed by atoms with van der Waals surface area (Å²) in [4.78, 5) is 2.74.